The van der Waals surface area contributed by atoms with E-state index in [1.54, 1.807) is 0 Å². The predicted octanol–water partition coefficient (Wildman–Crippen LogP) is 4.57. The number of fused-ring (bicyclic) bond motifs is 2. The highest BCUT2D eigenvalue weighted by Gasteiger charge is 2.43. The number of hydrogen-bond acceptors (Lipinski definition) is 2. The Labute approximate surface area is 136 Å². The molecule has 2 saturated heterocycles. The van der Waals surface area contributed by atoms with Gasteiger partial charge in [0.15, 0.2) is 0 Å². The molecule has 1 nitrogen and oxygen atoms in total. The summed E-state index contributed by atoms with van der Waals surface area (Å²) in [6.45, 7) is 0. The molecule has 2 atom stereocenters. The number of benzene rings is 2. The van der Waals surface area contributed by atoms with Crippen molar-refractivity contribution in [3.63, 3.8) is 0 Å². The van der Waals surface area contributed by atoms with Gasteiger partial charge < -0.3 is 5.11 Å². The number of hydrogen-bond donors (Lipinski definition) is 1. The third-order valence-corrected chi connectivity index (χ3v) is 7.52. The fraction of sp³-hybridized carbons (Fsp3) is 0.500. The molecule has 2 aliphatic heterocycles. The molecule has 0 radical (unpaired) electrons. The fourth-order valence-electron chi connectivity index (χ4n) is 4.99. The van der Waals surface area contributed by atoms with Crippen molar-refractivity contribution in [1.82, 2.24) is 0 Å². The average Bonchev–Trinajstić information content (AvgIpc) is 2.92. The van der Waals surface area contributed by atoms with Crippen LogP contribution in [0.1, 0.15) is 48.8 Å². The predicted molar refractivity (Wildman–Crippen MR) is 93.5 cm³/mol. The van der Waals surface area contributed by atoms with Crippen LogP contribution in [0.4, 0.5) is 0 Å². The lowest BCUT2D eigenvalue weighted by molar-refractivity contribution is 0.00954. The second kappa shape index (κ2) is 4.75. The Hall–Kier alpha value is -0.990. The molecule has 2 unspecified atom stereocenters. The van der Waals surface area contributed by atoms with Crippen LogP contribution < -0.4 is 0 Å². The van der Waals surface area contributed by atoms with E-state index in [0.717, 1.165) is 25.7 Å². The lowest BCUT2D eigenvalue weighted by atomic mass is 9.78. The highest BCUT2D eigenvalue weighted by atomic mass is 32.2. The smallest absolute Gasteiger partial charge is 0.0923 e. The van der Waals surface area contributed by atoms with E-state index in [-0.39, 0.29) is 0 Å². The Bertz CT molecular complexity index is 728. The minimum Gasteiger partial charge on any atom is -0.385 e. The summed E-state index contributed by atoms with van der Waals surface area (Å²) in [5.41, 5.74) is 3.54. The maximum atomic E-state index is 11.5. The Balaban J connectivity index is 1.68. The first-order valence-electron chi connectivity index (χ1n) is 8.65. The zero-order chi connectivity index (χ0) is 14.7. The van der Waals surface area contributed by atoms with E-state index in [0.29, 0.717) is 10.5 Å². The lowest BCUT2D eigenvalue weighted by Crippen LogP contribution is -2.40. The number of aliphatic hydroxyl groups is 1. The number of aryl methyl sites for hydroxylation is 2. The molecule has 2 bridgehead atoms. The largest absolute Gasteiger partial charge is 0.385 e. The van der Waals surface area contributed by atoms with Gasteiger partial charge in [-0.2, -0.15) is 11.8 Å². The number of rotatable bonds is 1. The Morgan fingerprint density at radius 1 is 0.955 bits per heavy atom. The summed E-state index contributed by atoms with van der Waals surface area (Å²) in [5, 5.41) is 15.6. The monoisotopic (exact) mass is 310 g/mol. The molecule has 2 aromatic rings. The third-order valence-electron chi connectivity index (χ3n) is 5.95. The SMILES string of the molecule is OC1(c2ccc3c4c(cccc24)CC3)CC2CCCC(C1)S2. The van der Waals surface area contributed by atoms with Gasteiger partial charge in [-0.05, 0) is 66.0 Å². The summed E-state index contributed by atoms with van der Waals surface area (Å²) >= 11 is 2.13. The van der Waals surface area contributed by atoms with E-state index in [1.807, 2.05) is 0 Å². The molecule has 1 N–H and O–H groups in total. The molecule has 2 aromatic carbocycles. The summed E-state index contributed by atoms with van der Waals surface area (Å²) in [6, 6.07) is 11.2. The van der Waals surface area contributed by atoms with Crippen molar-refractivity contribution < 1.29 is 5.11 Å². The molecule has 0 amide bonds. The van der Waals surface area contributed by atoms with Crippen molar-refractivity contribution in [3.8, 4) is 0 Å². The van der Waals surface area contributed by atoms with Crippen LogP contribution in [0, 0.1) is 0 Å². The maximum absolute atomic E-state index is 11.5. The highest BCUT2D eigenvalue weighted by Crippen LogP contribution is 2.51. The number of thioether (sulfide) groups is 1. The van der Waals surface area contributed by atoms with Crippen LogP contribution in [0.25, 0.3) is 10.8 Å². The summed E-state index contributed by atoms with van der Waals surface area (Å²) in [7, 11) is 0. The van der Waals surface area contributed by atoms with E-state index in [4.69, 9.17) is 0 Å². The molecule has 0 spiro atoms. The van der Waals surface area contributed by atoms with E-state index < -0.39 is 5.60 Å². The van der Waals surface area contributed by atoms with E-state index in [9.17, 15) is 5.11 Å². The van der Waals surface area contributed by atoms with Gasteiger partial charge in [-0.25, -0.2) is 0 Å². The van der Waals surface area contributed by atoms with E-state index >= 15 is 0 Å². The van der Waals surface area contributed by atoms with Crippen molar-refractivity contribution in [3.05, 3.63) is 47.0 Å². The van der Waals surface area contributed by atoms with Crippen LogP contribution in [-0.4, -0.2) is 15.6 Å². The minimum atomic E-state index is -0.610. The van der Waals surface area contributed by atoms with Gasteiger partial charge in [0.25, 0.3) is 0 Å². The van der Waals surface area contributed by atoms with Crippen LogP contribution in [0.3, 0.4) is 0 Å². The fourth-order valence-corrected chi connectivity index (χ4v) is 6.88. The molecule has 0 saturated carbocycles. The Morgan fingerprint density at radius 3 is 2.45 bits per heavy atom. The molecule has 2 fully saturated rings. The molecule has 2 heteroatoms. The lowest BCUT2D eigenvalue weighted by Gasteiger charge is -2.44. The Morgan fingerprint density at radius 2 is 1.68 bits per heavy atom. The van der Waals surface area contributed by atoms with Crippen LogP contribution in [-0.2, 0) is 18.4 Å². The van der Waals surface area contributed by atoms with Crippen LogP contribution in [0.15, 0.2) is 30.3 Å². The Kier molecular flexibility index (Phi) is 2.90. The molecule has 0 aromatic heterocycles. The van der Waals surface area contributed by atoms with Crippen molar-refractivity contribution >= 4 is 22.5 Å². The third kappa shape index (κ3) is 1.90. The van der Waals surface area contributed by atoms with Crippen molar-refractivity contribution in [2.75, 3.05) is 0 Å². The van der Waals surface area contributed by atoms with Gasteiger partial charge in [0.05, 0.1) is 5.60 Å². The maximum Gasteiger partial charge on any atom is 0.0923 e. The first-order valence-corrected chi connectivity index (χ1v) is 9.59. The van der Waals surface area contributed by atoms with Crippen LogP contribution in [0.5, 0.6) is 0 Å². The van der Waals surface area contributed by atoms with E-state index in [2.05, 4.69) is 42.1 Å². The van der Waals surface area contributed by atoms with Gasteiger partial charge in [-0.15, -0.1) is 0 Å². The summed E-state index contributed by atoms with van der Waals surface area (Å²) in [6.07, 6.45) is 8.11. The zero-order valence-corrected chi connectivity index (χ0v) is 13.7. The first kappa shape index (κ1) is 13.4. The average molecular weight is 310 g/mol. The topological polar surface area (TPSA) is 20.2 Å². The van der Waals surface area contributed by atoms with Crippen molar-refractivity contribution in [1.29, 1.82) is 0 Å². The molecule has 5 rings (SSSR count). The molecule has 2 heterocycles. The van der Waals surface area contributed by atoms with Gasteiger partial charge in [0, 0.05) is 10.5 Å². The highest BCUT2D eigenvalue weighted by molar-refractivity contribution is 8.00. The van der Waals surface area contributed by atoms with Gasteiger partial charge in [-0.1, -0.05) is 36.8 Å². The van der Waals surface area contributed by atoms with Crippen LogP contribution in [0.2, 0.25) is 0 Å². The second-order valence-electron chi connectivity index (χ2n) is 7.36. The molecule has 1 aliphatic carbocycles. The van der Waals surface area contributed by atoms with Gasteiger partial charge in [-0.3, -0.25) is 0 Å². The summed E-state index contributed by atoms with van der Waals surface area (Å²) in [5.74, 6) is 0. The molecular formula is C20H22OS. The summed E-state index contributed by atoms with van der Waals surface area (Å²) < 4.78 is 0. The van der Waals surface area contributed by atoms with Crippen LogP contribution >= 0.6 is 11.8 Å². The quantitative estimate of drug-likeness (QED) is 0.832. The first-order chi connectivity index (χ1) is 10.7. The molecule has 22 heavy (non-hydrogen) atoms. The van der Waals surface area contributed by atoms with Gasteiger partial charge >= 0.3 is 0 Å². The summed E-state index contributed by atoms with van der Waals surface area (Å²) in [4.78, 5) is 0. The molecular weight excluding hydrogens is 288 g/mol. The zero-order valence-electron chi connectivity index (χ0n) is 12.8. The van der Waals surface area contributed by atoms with Crippen molar-refractivity contribution in [2.45, 2.75) is 61.0 Å². The van der Waals surface area contributed by atoms with Crippen molar-refractivity contribution in [2.24, 2.45) is 0 Å². The minimum absolute atomic E-state index is 0.610. The van der Waals surface area contributed by atoms with Gasteiger partial charge in [0.1, 0.15) is 0 Å². The second-order valence-corrected chi connectivity index (χ2v) is 8.97. The standard InChI is InChI=1S/C20H22OS/c21-20(11-15-4-2-5-16(12-20)22-15)18-10-9-14-8-7-13-3-1-6-17(18)19(13)14/h1,3,6,9-10,15-16,21H,2,4-5,7-8,11-12H2. The van der Waals surface area contributed by atoms with Gasteiger partial charge in [0.2, 0.25) is 0 Å². The molecule has 114 valence electrons. The normalized spacial score (nSPS) is 33.3. The molecule has 3 aliphatic rings. The van der Waals surface area contributed by atoms with E-state index in [1.165, 1.54) is 46.7 Å².